The number of hydrogen-bond donors (Lipinski definition) is 1. The van der Waals surface area contributed by atoms with Gasteiger partial charge in [-0.25, -0.2) is 9.38 Å². The molecule has 0 amide bonds. The molecule has 0 radical (unpaired) electrons. The Hall–Kier alpha value is -1.96. The van der Waals surface area contributed by atoms with Crippen molar-refractivity contribution in [3.8, 4) is 0 Å². The van der Waals surface area contributed by atoms with Crippen molar-refractivity contribution in [2.24, 2.45) is 4.99 Å². The lowest BCUT2D eigenvalue weighted by Crippen LogP contribution is -2.55. The lowest BCUT2D eigenvalue weighted by atomic mass is 10.2. The van der Waals surface area contributed by atoms with Crippen molar-refractivity contribution in [3.05, 3.63) is 45.7 Å². The predicted octanol–water partition coefficient (Wildman–Crippen LogP) is 3.84. The summed E-state index contributed by atoms with van der Waals surface area (Å²) in [7, 11) is 1.71. The number of amidine groups is 1. The van der Waals surface area contributed by atoms with E-state index in [0.717, 1.165) is 28.5 Å². The van der Waals surface area contributed by atoms with E-state index in [1.54, 1.807) is 24.5 Å². The van der Waals surface area contributed by atoms with Gasteiger partial charge in [0, 0.05) is 10.9 Å². The Morgan fingerprint density at radius 3 is 2.80 bits per heavy atom. The quantitative estimate of drug-likeness (QED) is 0.621. The van der Waals surface area contributed by atoms with Gasteiger partial charge in [-0.1, -0.05) is 6.92 Å². The van der Waals surface area contributed by atoms with Crippen LogP contribution in [0.4, 0.5) is 20.8 Å². The molecule has 2 aromatic rings. The number of thiophene rings is 1. The van der Waals surface area contributed by atoms with Crippen LogP contribution in [-0.4, -0.2) is 48.6 Å². The summed E-state index contributed by atoms with van der Waals surface area (Å²) in [6, 6.07) is 6.79. The maximum absolute atomic E-state index is 13.7. The van der Waals surface area contributed by atoms with E-state index in [1.807, 2.05) is 0 Å². The summed E-state index contributed by atoms with van der Waals surface area (Å²) in [5.41, 5.74) is 2.45. The number of piperazine rings is 1. The molecule has 5 nitrogen and oxygen atoms in total. The number of aryl methyl sites for hydroxylation is 1. The van der Waals surface area contributed by atoms with Crippen molar-refractivity contribution in [2.75, 3.05) is 38.5 Å². The fourth-order valence-electron chi connectivity index (χ4n) is 3.22. The van der Waals surface area contributed by atoms with Crippen molar-refractivity contribution >= 4 is 33.5 Å². The van der Waals surface area contributed by atoms with Crippen LogP contribution in [0.5, 0.6) is 0 Å². The maximum Gasteiger partial charge on any atom is 0.140 e. The van der Waals surface area contributed by atoms with Gasteiger partial charge in [-0.05, 0) is 24.6 Å². The molecule has 0 unspecified atom stereocenters. The first-order valence-electron chi connectivity index (χ1n) is 8.54. The average molecular weight is 360 g/mol. The minimum absolute atomic E-state index is 0.218. The number of halogens is 1. The second kappa shape index (κ2) is 6.09. The minimum atomic E-state index is -0.300. The van der Waals surface area contributed by atoms with Gasteiger partial charge in [-0.15, -0.1) is 11.3 Å². The molecule has 0 spiro atoms. The fourth-order valence-corrected chi connectivity index (χ4v) is 4.22. The lowest BCUT2D eigenvalue weighted by molar-refractivity contribution is -0.864. The lowest BCUT2D eigenvalue weighted by Gasteiger charge is -2.45. The molecule has 4 rings (SSSR count). The van der Waals surface area contributed by atoms with Gasteiger partial charge in [0.15, 0.2) is 0 Å². The number of hydroxylamine groups is 3. The number of aliphatic imine (C=N–C) groups is 1. The van der Waals surface area contributed by atoms with Crippen LogP contribution in [0.2, 0.25) is 0 Å². The van der Waals surface area contributed by atoms with E-state index in [0.29, 0.717) is 31.9 Å². The molecule has 1 aromatic carbocycles. The number of quaternary nitrogens is 1. The number of hydrogen-bond acceptors (Lipinski definition) is 5. The van der Waals surface area contributed by atoms with Gasteiger partial charge >= 0.3 is 0 Å². The molecule has 1 aromatic heterocycles. The second-order valence-electron chi connectivity index (χ2n) is 6.76. The molecule has 3 heterocycles. The second-order valence-corrected chi connectivity index (χ2v) is 7.90. The number of nitrogens with zero attached hydrogens (tertiary/aromatic N) is 3. The minimum Gasteiger partial charge on any atom is -0.633 e. The Morgan fingerprint density at radius 2 is 2.08 bits per heavy atom. The summed E-state index contributed by atoms with van der Waals surface area (Å²) in [4.78, 5) is 8.23. The molecule has 1 fully saturated rings. The van der Waals surface area contributed by atoms with Crippen LogP contribution in [0.3, 0.4) is 0 Å². The number of fused-ring (bicyclic) bond motifs is 2. The molecular weight excluding hydrogens is 339 g/mol. The highest BCUT2D eigenvalue weighted by molar-refractivity contribution is 7.16. The van der Waals surface area contributed by atoms with E-state index >= 15 is 0 Å². The Labute approximate surface area is 150 Å². The van der Waals surface area contributed by atoms with E-state index in [4.69, 9.17) is 4.99 Å². The summed E-state index contributed by atoms with van der Waals surface area (Å²) in [6.45, 7) is 4.50. The number of anilines is 2. The van der Waals surface area contributed by atoms with E-state index < -0.39 is 0 Å². The van der Waals surface area contributed by atoms with Crippen LogP contribution in [-0.2, 0) is 6.42 Å². The molecule has 2 aliphatic rings. The molecule has 1 saturated heterocycles. The molecule has 2 aliphatic heterocycles. The Bertz CT molecular complexity index is 836. The van der Waals surface area contributed by atoms with Gasteiger partial charge in [0.1, 0.15) is 16.7 Å². The Balaban J connectivity index is 1.80. The van der Waals surface area contributed by atoms with Gasteiger partial charge in [0.25, 0.3) is 0 Å². The van der Waals surface area contributed by atoms with Crippen molar-refractivity contribution < 1.29 is 9.04 Å². The normalized spacial score (nSPS) is 18.7. The first-order chi connectivity index (χ1) is 11.9. The van der Waals surface area contributed by atoms with Gasteiger partial charge in [-0.3, -0.25) is 0 Å². The zero-order valence-electron chi connectivity index (χ0n) is 14.4. The van der Waals surface area contributed by atoms with Gasteiger partial charge in [-0.2, -0.15) is 0 Å². The van der Waals surface area contributed by atoms with E-state index in [2.05, 4.69) is 23.2 Å². The highest BCUT2D eigenvalue weighted by Crippen LogP contribution is 2.40. The number of rotatable bonds is 1. The van der Waals surface area contributed by atoms with Crippen LogP contribution < -0.4 is 5.32 Å². The van der Waals surface area contributed by atoms with Crippen LogP contribution in [0.15, 0.2) is 29.3 Å². The first kappa shape index (κ1) is 16.5. The molecule has 0 saturated carbocycles. The summed E-state index contributed by atoms with van der Waals surface area (Å²) >= 11 is 1.71. The van der Waals surface area contributed by atoms with Gasteiger partial charge in [0.05, 0.1) is 50.2 Å². The highest BCUT2D eigenvalue weighted by Gasteiger charge is 2.28. The average Bonchev–Trinajstić information content (AvgIpc) is 2.92. The topological polar surface area (TPSA) is 50.7 Å². The van der Waals surface area contributed by atoms with Gasteiger partial charge in [0.2, 0.25) is 0 Å². The molecule has 132 valence electrons. The van der Waals surface area contributed by atoms with Crippen molar-refractivity contribution in [3.63, 3.8) is 0 Å². The first-order valence-corrected chi connectivity index (χ1v) is 9.36. The van der Waals surface area contributed by atoms with Crippen LogP contribution >= 0.6 is 11.3 Å². The van der Waals surface area contributed by atoms with Crippen molar-refractivity contribution in [1.82, 2.24) is 4.90 Å². The monoisotopic (exact) mass is 360 g/mol. The van der Waals surface area contributed by atoms with Crippen LogP contribution in [0.25, 0.3) is 0 Å². The summed E-state index contributed by atoms with van der Waals surface area (Å²) in [5.74, 6) is 0.535. The van der Waals surface area contributed by atoms with Crippen molar-refractivity contribution in [1.29, 1.82) is 0 Å². The third kappa shape index (κ3) is 3.15. The maximum atomic E-state index is 13.7. The zero-order chi connectivity index (χ0) is 17.6. The molecule has 0 atom stereocenters. The predicted molar refractivity (Wildman–Crippen MR) is 100 cm³/mol. The summed E-state index contributed by atoms with van der Waals surface area (Å²) in [6.07, 6.45) is 0.957. The number of nitrogens with one attached hydrogen (secondary N) is 1. The summed E-state index contributed by atoms with van der Waals surface area (Å²) < 4.78 is 13.5. The smallest absolute Gasteiger partial charge is 0.140 e. The third-order valence-electron chi connectivity index (χ3n) is 4.79. The van der Waals surface area contributed by atoms with E-state index in [1.165, 1.54) is 17.0 Å². The van der Waals surface area contributed by atoms with Gasteiger partial charge < -0.3 is 20.1 Å². The molecule has 25 heavy (non-hydrogen) atoms. The van der Waals surface area contributed by atoms with Crippen LogP contribution in [0, 0.1) is 11.0 Å². The standard InChI is InChI=1S/C18H21FN4OS/c1-3-13-11-14-17(22-6-8-23(2,24)9-7-22)20-16-10-12(19)4-5-15(16)21-18(14)25-13/h4-5,10-11,21H,3,6-9H2,1-2H3. The highest BCUT2D eigenvalue weighted by atomic mass is 32.1. The Morgan fingerprint density at radius 1 is 1.32 bits per heavy atom. The molecule has 7 heteroatoms. The van der Waals surface area contributed by atoms with Crippen LogP contribution in [0.1, 0.15) is 17.4 Å². The van der Waals surface area contributed by atoms with E-state index in [9.17, 15) is 9.60 Å². The third-order valence-corrected chi connectivity index (χ3v) is 5.99. The number of likely N-dealkylation sites (N-methyl/N-ethyl adjacent to an activating group) is 1. The zero-order valence-corrected chi connectivity index (χ0v) is 15.2. The molecule has 0 bridgehead atoms. The largest absolute Gasteiger partial charge is 0.633 e. The summed E-state index contributed by atoms with van der Waals surface area (Å²) in [5, 5.41) is 16.6. The van der Waals surface area contributed by atoms with E-state index in [-0.39, 0.29) is 10.5 Å². The molecule has 0 aliphatic carbocycles. The Kier molecular flexibility index (Phi) is 4.02. The molecule has 1 N–H and O–H groups in total. The number of benzene rings is 1. The van der Waals surface area contributed by atoms with Crippen molar-refractivity contribution in [2.45, 2.75) is 13.3 Å². The SMILES string of the molecule is CCc1cc2c(s1)Nc1ccc(F)cc1N=C2N1CC[N+](C)([O-])CC1. The molecular formula is C18H21FN4OS. The fraction of sp³-hybridized carbons (Fsp3) is 0.389.